The van der Waals surface area contributed by atoms with Crippen molar-refractivity contribution in [2.75, 3.05) is 0 Å². The van der Waals surface area contributed by atoms with Gasteiger partial charge in [-0.3, -0.25) is 14.9 Å². The van der Waals surface area contributed by atoms with Crippen molar-refractivity contribution in [2.45, 2.75) is 25.4 Å². The van der Waals surface area contributed by atoms with E-state index < -0.39 is 16.9 Å². The molecule has 2 N–H and O–H groups in total. The molecule has 0 aliphatic carbocycles. The van der Waals surface area contributed by atoms with E-state index in [-0.39, 0.29) is 5.69 Å². The van der Waals surface area contributed by atoms with Crippen LogP contribution in [-0.2, 0) is 17.8 Å². The number of hydrogen-bond acceptors (Lipinski definition) is 4. The molecule has 0 spiro atoms. The lowest BCUT2D eigenvalue weighted by Gasteiger charge is -2.14. The zero-order valence-electron chi connectivity index (χ0n) is 12.5. The van der Waals surface area contributed by atoms with Gasteiger partial charge in [-0.1, -0.05) is 42.5 Å². The van der Waals surface area contributed by atoms with E-state index in [0.29, 0.717) is 19.4 Å². The smallest absolute Gasteiger partial charge is 0.320 e. The van der Waals surface area contributed by atoms with Gasteiger partial charge in [-0.15, -0.1) is 0 Å². The van der Waals surface area contributed by atoms with Crippen LogP contribution >= 0.6 is 0 Å². The molecule has 23 heavy (non-hydrogen) atoms. The lowest BCUT2D eigenvalue weighted by Crippen LogP contribution is -2.36. The quantitative estimate of drug-likeness (QED) is 0.577. The Balaban J connectivity index is 1.89. The number of carboxylic acids is 1. The number of aliphatic carboxylic acids is 1. The van der Waals surface area contributed by atoms with Gasteiger partial charge in [0, 0.05) is 18.7 Å². The number of nitrogens with one attached hydrogen (secondary N) is 1. The average Bonchev–Trinajstić information content (AvgIpc) is 2.56. The second-order valence-electron chi connectivity index (χ2n) is 5.22. The number of hydrogen-bond donors (Lipinski definition) is 2. The topological polar surface area (TPSA) is 92.5 Å². The molecule has 6 nitrogen and oxygen atoms in total. The predicted molar refractivity (Wildman–Crippen MR) is 86.1 cm³/mol. The number of nitro benzene ring substituents is 1. The monoisotopic (exact) mass is 314 g/mol. The van der Waals surface area contributed by atoms with Crippen molar-refractivity contribution in [3.8, 4) is 0 Å². The van der Waals surface area contributed by atoms with Crippen LogP contribution in [0, 0.1) is 10.1 Å². The van der Waals surface area contributed by atoms with Gasteiger partial charge in [-0.25, -0.2) is 0 Å². The van der Waals surface area contributed by atoms with Crippen LogP contribution in [0.15, 0.2) is 54.6 Å². The number of rotatable bonds is 8. The first-order valence-corrected chi connectivity index (χ1v) is 7.29. The molecular formula is C17H18N2O4. The third-order valence-electron chi connectivity index (χ3n) is 3.56. The van der Waals surface area contributed by atoms with E-state index in [1.54, 1.807) is 12.1 Å². The molecule has 120 valence electrons. The van der Waals surface area contributed by atoms with E-state index in [0.717, 1.165) is 11.1 Å². The van der Waals surface area contributed by atoms with E-state index in [9.17, 15) is 20.0 Å². The summed E-state index contributed by atoms with van der Waals surface area (Å²) in [5.41, 5.74) is 1.92. The zero-order chi connectivity index (χ0) is 16.7. The maximum atomic E-state index is 11.3. The normalized spacial score (nSPS) is 11.8. The van der Waals surface area contributed by atoms with Crippen LogP contribution in [0.2, 0.25) is 0 Å². The van der Waals surface area contributed by atoms with Gasteiger partial charge in [0.05, 0.1) is 4.92 Å². The summed E-state index contributed by atoms with van der Waals surface area (Å²) in [7, 11) is 0. The largest absolute Gasteiger partial charge is 0.480 e. The molecule has 1 unspecified atom stereocenters. The second kappa shape index (κ2) is 8.05. The molecule has 0 saturated heterocycles. The molecule has 6 heteroatoms. The highest BCUT2D eigenvalue weighted by Gasteiger charge is 2.16. The van der Waals surface area contributed by atoms with Crippen LogP contribution in [0.1, 0.15) is 17.5 Å². The van der Waals surface area contributed by atoms with Gasteiger partial charge in [0.25, 0.3) is 5.69 Å². The molecule has 0 amide bonds. The SMILES string of the molecule is O=C(O)C(CCc1ccccc1)NCc1ccc([N+](=O)[O-])cc1. The van der Waals surface area contributed by atoms with Crippen LogP contribution in [-0.4, -0.2) is 22.0 Å². The summed E-state index contributed by atoms with van der Waals surface area (Å²) in [6.45, 7) is 0.351. The minimum atomic E-state index is -0.900. The van der Waals surface area contributed by atoms with E-state index >= 15 is 0 Å². The summed E-state index contributed by atoms with van der Waals surface area (Å²) < 4.78 is 0. The third kappa shape index (κ3) is 5.19. The van der Waals surface area contributed by atoms with Crippen LogP contribution in [0.4, 0.5) is 5.69 Å². The molecule has 0 radical (unpaired) electrons. The molecule has 1 atom stereocenters. The van der Waals surface area contributed by atoms with Gasteiger partial charge in [0.1, 0.15) is 6.04 Å². The van der Waals surface area contributed by atoms with Crippen molar-refractivity contribution in [1.82, 2.24) is 5.32 Å². The van der Waals surface area contributed by atoms with E-state index in [1.165, 1.54) is 12.1 Å². The molecule has 0 fully saturated rings. The molecular weight excluding hydrogens is 296 g/mol. The van der Waals surface area contributed by atoms with Crippen molar-refractivity contribution in [3.05, 3.63) is 75.8 Å². The maximum absolute atomic E-state index is 11.3. The summed E-state index contributed by atoms with van der Waals surface area (Å²) in [6, 6.07) is 15.1. The summed E-state index contributed by atoms with van der Waals surface area (Å²) in [4.78, 5) is 21.5. The molecule has 2 rings (SSSR count). The van der Waals surface area contributed by atoms with Crippen molar-refractivity contribution < 1.29 is 14.8 Å². The Hall–Kier alpha value is -2.73. The summed E-state index contributed by atoms with van der Waals surface area (Å²) >= 11 is 0. The lowest BCUT2D eigenvalue weighted by atomic mass is 10.0. The van der Waals surface area contributed by atoms with Gasteiger partial charge < -0.3 is 10.4 Å². The highest BCUT2D eigenvalue weighted by Crippen LogP contribution is 2.12. The van der Waals surface area contributed by atoms with Crippen molar-refractivity contribution >= 4 is 11.7 Å². The molecule has 0 aliphatic rings. The first-order valence-electron chi connectivity index (χ1n) is 7.29. The number of nitrogens with zero attached hydrogens (tertiary/aromatic N) is 1. The fourth-order valence-corrected chi connectivity index (χ4v) is 2.25. The van der Waals surface area contributed by atoms with E-state index in [4.69, 9.17) is 0 Å². The molecule has 2 aromatic rings. The Kier molecular flexibility index (Phi) is 5.82. The highest BCUT2D eigenvalue weighted by atomic mass is 16.6. The van der Waals surface area contributed by atoms with E-state index in [1.807, 2.05) is 30.3 Å². The van der Waals surface area contributed by atoms with Crippen LogP contribution in [0.25, 0.3) is 0 Å². The third-order valence-corrected chi connectivity index (χ3v) is 3.56. The van der Waals surface area contributed by atoms with Crippen molar-refractivity contribution in [3.63, 3.8) is 0 Å². The Labute approximate surface area is 133 Å². The molecule has 0 aliphatic heterocycles. The van der Waals surface area contributed by atoms with Gasteiger partial charge in [0.2, 0.25) is 0 Å². The number of aryl methyl sites for hydroxylation is 1. The number of carbonyl (C=O) groups is 1. The first-order chi connectivity index (χ1) is 11.1. The van der Waals surface area contributed by atoms with Gasteiger partial charge in [-0.05, 0) is 24.0 Å². The first kappa shape index (κ1) is 16.6. The number of nitro groups is 1. The molecule has 2 aromatic carbocycles. The number of carboxylic acid groups (broad SMARTS) is 1. The van der Waals surface area contributed by atoms with Crippen molar-refractivity contribution in [2.24, 2.45) is 0 Å². The molecule has 0 saturated carbocycles. The second-order valence-corrected chi connectivity index (χ2v) is 5.22. The standard InChI is InChI=1S/C17H18N2O4/c20-17(21)16(11-8-13-4-2-1-3-5-13)18-12-14-6-9-15(10-7-14)19(22)23/h1-7,9-10,16,18H,8,11-12H2,(H,20,21). The Morgan fingerprint density at radius 3 is 2.30 bits per heavy atom. The average molecular weight is 314 g/mol. The summed E-state index contributed by atoms with van der Waals surface area (Å²) in [6.07, 6.45) is 1.15. The summed E-state index contributed by atoms with van der Waals surface area (Å²) in [5, 5.41) is 22.9. The Morgan fingerprint density at radius 1 is 1.09 bits per heavy atom. The Morgan fingerprint density at radius 2 is 1.74 bits per heavy atom. The van der Waals surface area contributed by atoms with E-state index in [2.05, 4.69) is 5.32 Å². The lowest BCUT2D eigenvalue weighted by molar-refractivity contribution is -0.384. The maximum Gasteiger partial charge on any atom is 0.320 e. The molecule has 0 heterocycles. The molecule has 0 bridgehead atoms. The zero-order valence-corrected chi connectivity index (χ0v) is 12.5. The minimum Gasteiger partial charge on any atom is -0.480 e. The highest BCUT2D eigenvalue weighted by molar-refractivity contribution is 5.73. The number of non-ortho nitro benzene ring substituents is 1. The van der Waals surface area contributed by atoms with Crippen LogP contribution < -0.4 is 5.32 Å². The summed E-state index contributed by atoms with van der Waals surface area (Å²) in [5.74, 6) is -0.900. The van der Waals surface area contributed by atoms with Crippen LogP contribution in [0.3, 0.4) is 0 Å². The van der Waals surface area contributed by atoms with Gasteiger partial charge >= 0.3 is 5.97 Å². The fraction of sp³-hybridized carbons (Fsp3) is 0.235. The van der Waals surface area contributed by atoms with Gasteiger partial charge in [0.15, 0.2) is 0 Å². The molecule has 0 aromatic heterocycles. The van der Waals surface area contributed by atoms with Crippen molar-refractivity contribution in [1.29, 1.82) is 0 Å². The predicted octanol–water partition coefficient (Wildman–Crippen LogP) is 2.77. The van der Waals surface area contributed by atoms with Gasteiger partial charge in [-0.2, -0.15) is 0 Å². The minimum absolute atomic E-state index is 0.0209. The van der Waals surface area contributed by atoms with Crippen LogP contribution in [0.5, 0.6) is 0 Å². The fourth-order valence-electron chi connectivity index (χ4n) is 2.25. The number of benzene rings is 2. The Bertz CT molecular complexity index is 656.